The van der Waals surface area contributed by atoms with Crippen LogP contribution in [-0.2, 0) is 0 Å². The Balaban J connectivity index is -0.0000000200. The smallest absolute Gasteiger partial charge is 0 e. The largest absolute Gasteiger partial charge is 0.412 e. The Morgan fingerprint density at radius 2 is 1.50 bits per heavy atom. The van der Waals surface area contributed by atoms with Gasteiger partial charge in [-0.3, -0.25) is 0 Å². The van der Waals surface area contributed by atoms with Gasteiger partial charge in [0.1, 0.15) is 0 Å². The van der Waals surface area contributed by atoms with Gasteiger partial charge < -0.3 is 5.48 Å². The molecule has 1 radical (unpaired) electrons. The van der Waals surface area contributed by atoms with E-state index < -0.39 is 0 Å². The second kappa shape index (κ2) is 12.3. The lowest BCUT2D eigenvalue weighted by atomic mass is 10.6. The second-order valence-electron chi connectivity index (χ2n) is 0.707. The Labute approximate surface area is 28.4 Å². The highest BCUT2D eigenvalue weighted by atomic mass is 16.0. The quantitative estimate of drug-likeness (QED) is 0.396. The zero-order valence-corrected chi connectivity index (χ0v) is 3.21. The Morgan fingerprint density at radius 3 is 1.50 bits per heavy atom. The van der Waals surface area contributed by atoms with Gasteiger partial charge >= 0.3 is 0 Å². The van der Waals surface area contributed by atoms with Crippen molar-refractivity contribution in [2.75, 3.05) is 0 Å². The monoisotopic (exact) mass is 63.1 g/mol. The van der Waals surface area contributed by atoms with Gasteiger partial charge in [0.2, 0.25) is 0 Å². The predicted octanol–water partition coefficient (Wildman–Crippen LogP) is 0.704. The van der Waals surface area contributed by atoms with Crippen LogP contribution in [0.4, 0.5) is 0 Å². The molecule has 2 N–H and O–H groups in total. The molecule has 0 aliphatic carbocycles. The molecule has 0 unspecified atom stereocenters. The Bertz CT molecular complexity index is 6.85. The summed E-state index contributed by atoms with van der Waals surface area (Å²) in [6.45, 7) is 4.25. The lowest BCUT2D eigenvalue weighted by Gasteiger charge is -1.48. The van der Waals surface area contributed by atoms with Gasteiger partial charge in [-0.05, 0) is 0 Å². The van der Waals surface area contributed by atoms with Gasteiger partial charge in [0.15, 0.2) is 0 Å². The fourth-order valence-electron chi connectivity index (χ4n) is 0. The first-order valence-electron chi connectivity index (χ1n) is 1.41. The van der Waals surface area contributed by atoms with E-state index in [2.05, 4.69) is 13.8 Å². The summed E-state index contributed by atoms with van der Waals surface area (Å²) in [4.78, 5) is 0. The van der Waals surface area contributed by atoms with Crippen LogP contribution in [0.5, 0.6) is 0 Å². The summed E-state index contributed by atoms with van der Waals surface area (Å²) in [7, 11) is 0. The van der Waals surface area contributed by atoms with E-state index in [4.69, 9.17) is 0 Å². The number of hydrogen-bond acceptors (Lipinski definition) is 0. The Morgan fingerprint density at radius 1 is 1.50 bits per heavy atom. The van der Waals surface area contributed by atoms with Crippen LogP contribution in [0.15, 0.2) is 0 Å². The fourth-order valence-corrected chi connectivity index (χ4v) is 0. The molecule has 1 heteroatoms. The molecule has 0 aromatic heterocycles. The molecule has 0 bridgehead atoms. The average Bonchev–Trinajstić information content (AvgIpc) is 0.918. The highest BCUT2D eigenvalue weighted by Gasteiger charge is 1.35. The van der Waals surface area contributed by atoms with Crippen molar-refractivity contribution in [1.82, 2.24) is 0 Å². The number of hydrogen-bond donors (Lipinski definition) is 0. The molecule has 0 aliphatic rings. The molecular formula is C3H11O. The van der Waals surface area contributed by atoms with E-state index in [-0.39, 0.29) is 6.90 Å². The van der Waals surface area contributed by atoms with Crippen molar-refractivity contribution in [3.63, 3.8) is 0 Å². The molecule has 0 fully saturated rings. The fraction of sp³-hybridized carbons (Fsp3) is 1.00. The van der Waals surface area contributed by atoms with E-state index in [9.17, 15) is 0 Å². The van der Waals surface area contributed by atoms with Crippen molar-refractivity contribution in [2.24, 2.45) is 0 Å². The third-order valence-electron chi connectivity index (χ3n) is 0. The van der Waals surface area contributed by atoms with Gasteiger partial charge in [-0.25, -0.2) is 0 Å². The second-order valence-corrected chi connectivity index (χ2v) is 0.707. The normalized spacial score (nSPS) is 4.50. The first kappa shape index (κ1) is 9.03. The van der Waals surface area contributed by atoms with Gasteiger partial charge in [0.25, 0.3) is 0 Å². The molecule has 0 rings (SSSR count). The minimum Gasteiger partial charge on any atom is -0.412 e. The summed E-state index contributed by atoms with van der Waals surface area (Å²) in [5.41, 5.74) is 0. The van der Waals surface area contributed by atoms with Crippen molar-refractivity contribution in [3.8, 4) is 0 Å². The maximum absolute atomic E-state index is 2.12. The first-order valence-corrected chi connectivity index (χ1v) is 1.41. The van der Waals surface area contributed by atoms with Crippen LogP contribution in [0, 0.1) is 0 Å². The summed E-state index contributed by atoms with van der Waals surface area (Å²) < 4.78 is 0. The van der Waals surface area contributed by atoms with E-state index in [0.29, 0.717) is 0 Å². The molecule has 0 spiro atoms. The third kappa shape index (κ3) is 1130. The molecule has 0 heterocycles. The predicted molar refractivity (Wildman–Crippen MR) is 20.7 cm³/mol. The average molecular weight is 63.1 g/mol. The van der Waals surface area contributed by atoms with Crippen molar-refractivity contribution < 1.29 is 6.90 Å². The molecule has 0 saturated heterocycles. The highest BCUT2D eigenvalue weighted by molar-refractivity contribution is 3.92. The van der Waals surface area contributed by atoms with Gasteiger partial charge in [-0.15, -0.1) is 0 Å². The summed E-state index contributed by atoms with van der Waals surface area (Å²) in [5.74, 6) is 0. The van der Waals surface area contributed by atoms with Crippen LogP contribution in [-0.4, -0.2) is 5.48 Å². The summed E-state index contributed by atoms with van der Waals surface area (Å²) >= 11 is 0. The van der Waals surface area contributed by atoms with Gasteiger partial charge in [0, 0.05) is 1.43 Å². The summed E-state index contributed by atoms with van der Waals surface area (Å²) in [6, 6.07) is 0. The van der Waals surface area contributed by atoms with Gasteiger partial charge in [0.05, 0.1) is 0 Å². The highest BCUT2D eigenvalue weighted by Crippen LogP contribution is 1.56. The van der Waals surface area contributed by atoms with Crippen LogP contribution in [0.25, 0.3) is 0 Å². The van der Waals surface area contributed by atoms with E-state index in [1.54, 1.807) is 0 Å². The SMILES string of the molecule is CCC.O.[H]. The molecule has 0 amide bonds. The van der Waals surface area contributed by atoms with Crippen LogP contribution in [0.3, 0.4) is 0 Å². The van der Waals surface area contributed by atoms with E-state index in [0.717, 1.165) is 0 Å². The molecule has 0 aromatic rings. The molecule has 0 aliphatic heterocycles. The maximum Gasteiger partial charge on any atom is 0 e. The molecule has 0 saturated carbocycles. The molecule has 1 nitrogen and oxygen atoms in total. The topological polar surface area (TPSA) is 31.5 Å². The van der Waals surface area contributed by atoms with E-state index >= 15 is 0 Å². The summed E-state index contributed by atoms with van der Waals surface area (Å²) in [5, 5.41) is 0. The van der Waals surface area contributed by atoms with Crippen LogP contribution in [0.2, 0.25) is 0 Å². The number of rotatable bonds is 0. The maximum atomic E-state index is 2.12. The lowest BCUT2D eigenvalue weighted by Crippen LogP contribution is -1.27. The van der Waals surface area contributed by atoms with Crippen molar-refractivity contribution in [2.45, 2.75) is 20.3 Å². The van der Waals surface area contributed by atoms with Crippen LogP contribution < -0.4 is 0 Å². The third-order valence-corrected chi connectivity index (χ3v) is 0. The zero-order valence-electron chi connectivity index (χ0n) is 4.21. The molecular weight excluding hydrogens is 52.0 g/mol. The van der Waals surface area contributed by atoms with E-state index in [1.807, 2.05) is 0 Å². The molecule has 0 aromatic carbocycles. The van der Waals surface area contributed by atoms with E-state index in [1.165, 1.54) is 6.42 Å². The Kier molecular flexibility index (Phi) is 27.9. The van der Waals surface area contributed by atoms with Crippen molar-refractivity contribution >= 4 is 0 Å². The Hall–Kier alpha value is -0.0400. The van der Waals surface area contributed by atoms with Crippen molar-refractivity contribution in [3.05, 3.63) is 0 Å². The van der Waals surface area contributed by atoms with Crippen molar-refractivity contribution in [1.29, 1.82) is 0 Å². The van der Waals surface area contributed by atoms with Crippen LogP contribution >= 0.6 is 0 Å². The minimum atomic E-state index is 0. The standard InChI is InChI=1S/C3H8.H2O.H/c1-3-2;;/h3H2,1-2H3;1H2;. The molecule has 4 heavy (non-hydrogen) atoms. The molecule has 0 atom stereocenters. The first-order chi connectivity index (χ1) is 1.41. The van der Waals surface area contributed by atoms with Gasteiger partial charge in [-0.1, -0.05) is 20.3 Å². The minimum absolute atomic E-state index is 0. The summed E-state index contributed by atoms with van der Waals surface area (Å²) in [6.07, 6.45) is 1.25. The lowest BCUT2D eigenvalue weighted by molar-refractivity contribution is 0.824. The zero-order chi connectivity index (χ0) is 2.71. The molecule has 29 valence electrons. The van der Waals surface area contributed by atoms with Crippen LogP contribution in [0.1, 0.15) is 21.7 Å². The van der Waals surface area contributed by atoms with Gasteiger partial charge in [-0.2, -0.15) is 0 Å².